The molecule has 1 aromatic carbocycles. The number of nitro groups is 1. The van der Waals surface area contributed by atoms with Crippen molar-refractivity contribution in [2.24, 2.45) is 0 Å². The fourth-order valence-electron chi connectivity index (χ4n) is 2.72. The van der Waals surface area contributed by atoms with Crippen LogP contribution in [0, 0.1) is 10.1 Å². The summed E-state index contributed by atoms with van der Waals surface area (Å²) < 4.78 is 15.1. The Bertz CT molecular complexity index is 765. The van der Waals surface area contributed by atoms with Gasteiger partial charge in [0.15, 0.2) is 11.5 Å². The molecule has 0 unspecified atom stereocenters. The van der Waals surface area contributed by atoms with Gasteiger partial charge in [0.1, 0.15) is 17.1 Å². The molecular formula is C16H17BrN2O7. The third-order valence-electron chi connectivity index (χ3n) is 3.91. The van der Waals surface area contributed by atoms with Crippen molar-refractivity contribution in [1.82, 2.24) is 4.90 Å². The van der Waals surface area contributed by atoms with Gasteiger partial charge >= 0.3 is 5.97 Å². The van der Waals surface area contributed by atoms with E-state index in [-0.39, 0.29) is 35.5 Å². The number of likely N-dealkylation sites (tertiary alicyclic amines) is 1. The van der Waals surface area contributed by atoms with E-state index >= 15 is 0 Å². The van der Waals surface area contributed by atoms with Gasteiger partial charge in [0.05, 0.1) is 25.2 Å². The lowest BCUT2D eigenvalue weighted by Gasteiger charge is -2.22. The second-order valence-electron chi connectivity index (χ2n) is 5.46. The molecule has 1 heterocycles. The van der Waals surface area contributed by atoms with Crippen molar-refractivity contribution < 1.29 is 28.7 Å². The summed E-state index contributed by atoms with van der Waals surface area (Å²) >= 11 is 3.07. The van der Waals surface area contributed by atoms with E-state index in [0.29, 0.717) is 5.57 Å². The maximum atomic E-state index is 13.0. The number of carbonyl (C=O) groups is 2. The molecule has 0 aliphatic carbocycles. The molecule has 1 aromatic rings. The number of nitrogens with zero attached hydrogens (tertiary/aromatic N) is 2. The largest absolute Gasteiger partial charge is 0.493 e. The topological polar surface area (TPSA) is 108 Å². The fourth-order valence-corrected chi connectivity index (χ4v) is 2.96. The first-order valence-electron chi connectivity index (χ1n) is 7.44. The Balaban J connectivity index is 2.51. The van der Waals surface area contributed by atoms with Crippen LogP contribution < -0.4 is 9.47 Å². The number of nitro benzene ring substituents is 1. The third-order valence-corrected chi connectivity index (χ3v) is 4.13. The highest BCUT2D eigenvalue weighted by Crippen LogP contribution is 2.37. The van der Waals surface area contributed by atoms with Gasteiger partial charge in [-0.25, -0.2) is 4.79 Å². The predicted molar refractivity (Wildman–Crippen MR) is 94.7 cm³/mol. The maximum absolute atomic E-state index is 13.0. The average molecular weight is 429 g/mol. The van der Waals surface area contributed by atoms with Crippen molar-refractivity contribution in [3.05, 3.63) is 40.0 Å². The van der Waals surface area contributed by atoms with Crippen LogP contribution in [0.15, 0.2) is 24.3 Å². The lowest BCUT2D eigenvalue weighted by molar-refractivity contribution is -0.385. The number of amides is 1. The van der Waals surface area contributed by atoms with Crippen LogP contribution >= 0.6 is 15.9 Å². The van der Waals surface area contributed by atoms with Gasteiger partial charge in [-0.05, 0) is 15.9 Å². The van der Waals surface area contributed by atoms with Crippen molar-refractivity contribution in [2.75, 3.05) is 26.3 Å². The van der Waals surface area contributed by atoms with E-state index in [0.717, 1.165) is 6.07 Å². The second-order valence-corrected chi connectivity index (χ2v) is 5.91. The number of esters is 1. The second kappa shape index (κ2) is 8.17. The first kappa shape index (κ1) is 19.7. The zero-order valence-electron chi connectivity index (χ0n) is 14.2. The lowest BCUT2D eigenvalue weighted by Crippen LogP contribution is -2.41. The highest BCUT2D eigenvalue weighted by Gasteiger charge is 2.39. The zero-order chi connectivity index (χ0) is 19.4. The van der Waals surface area contributed by atoms with Crippen molar-refractivity contribution >= 4 is 33.5 Å². The number of carbonyl (C=O) groups excluding carboxylic acids is 2. The van der Waals surface area contributed by atoms with Gasteiger partial charge in [0, 0.05) is 19.0 Å². The summed E-state index contributed by atoms with van der Waals surface area (Å²) in [4.78, 5) is 36.9. The molecule has 0 bridgehead atoms. The molecule has 0 saturated carbocycles. The minimum atomic E-state index is -0.871. The van der Waals surface area contributed by atoms with E-state index in [1.165, 1.54) is 25.2 Å². The number of hydrogen-bond donors (Lipinski definition) is 0. The molecule has 0 spiro atoms. The first-order chi connectivity index (χ1) is 12.3. The predicted octanol–water partition coefficient (Wildman–Crippen LogP) is 2.28. The lowest BCUT2D eigenvalue weighted by atomic mass is 10.1. The average Bonchev–Trinajstić information content (AvgIpc) is 3.02. The number of benzene rings is 1. The van der Waals surface area contributed by atoms with E-state index in [2.05, 4.69) is 22.5 Å². The molecule has 2 rings (SSSR count). The molecule has 1 saturated heterocycles. The van der Waals surface area contributed by atoms with Crippen LogP contribution in [-0.2, 0) is 9.53 Å². The van der Waals surface area contributed by atoms with E-state index in [4.69, 9.17) is 14.2 Å². The van der Waals surface area contributed by atoms with Crippen LogP contribution in [0.1, 0.15) is 16.8 Å². The summed E-state index contributed by atoms with van der Waals surface area (Å²) in [6.45, 7) is 3.90. The zero-order valence-corrected chi connectivity index (χ0v) is 15.8. The minimum Gasteiger partial charge on any atom is -0.493 e. The SMILES string of the molecule is C=C1C[C@@H](C(=O)OC)N(C(=O)c2cc(OC)c(OCBr)cc2[N+](=O)[O-])C1. The molecule has 140 valence electrons. The van der Waals surface area contributed by atoms with Gasteiger partial charge in [0.2, 0.25) is 0 Å². The molecule has 1 amide bonds. The smallest absolute Gasteiger partial charge is 0.328 e. The Labute approximate surface area is 157 Å². The Hall–Kier alpha value is -2.62. The van der Waals surface area contributed by atoms with Crippen molar-refractivity contribution in [1.29, 1.82) is 0 Å². The Morgan fingerprint density at radius 1 is 1.38 bits per heavy atom. The molecule has 0 N–H and O–H groups in total. The van der Waals surface area contributed by atoms with Gasteiger partial charge < -0.3 is 19.1 Å². The molecule has 1 aliphatic heterocycles. The van der Waals surface area contributed by atoms with Crippen molar-refractivity contribution in [3.63, 3.8) is 0 Å². The van der Waals surface area contributed by atoms with Crippen LogP contribution in [-0.4, -0.2) is 54.0 Å². The van der Waals surface area contributed by atoms with Crippen molar-refractivity contribution in [2.45, 2.75) is 12.5 Å². The number of hydrogen-bond acceptors (Lipinski definition) is 7. The molecule has 1 atom stereocenters. The monoisotopic (exact) mass is 428 g/mol. The number of methoxy groups -OCH3 is 2. The van der Waals surface area contributed by atoms with Crippen molar-refractivity contribution in [3.8, 4) is 11.5 Å². The molecule has 1 aliphatic rings. The van der Waals surface area contributed by atoms with E-state index in [9.17, 15) is 19.7 Å². The quantitative estimate of drug-likeness (QED) is 0.224. The van der Waals surface area contributed by atoms with E-state index in [1.807, 2.05) is 0 Å². The van der Waals surface area contributed by atoms with Gasteiger partial charge in [-0.3, -0.25) is 14.9 Å². The Morgan fingerprint density at radius 2 is 2.08 bits per heavy atom. The normalized spacial score (nSPS) is 16.3. The number of rotatable bonds is 6. The molecule has 10 heteroatoms. The van der Waals surface area contributed by atoms with Crippen LogP contribution in [0.3, 0.4) is 0 Å². The van der Waals surface area contributed by atoms with Gasteiger partial charge in [0.25, 0.3) is 11.6 Å². The number of halogens is 1. The molecule has 26 heavy (non-hydrogen) atoms. The van der Waals surface area contributed by atoms with Gasteiger partial charge in [-0.15, -0.1) is 0 Å². The standard InChI is InChI=1S/C16H17BrN2O7/c1-9-4-12(16(21)25-3)18(7-9)15(20)10-5-13(24-2)14(26-8-17)6-11(10)19(22)23/h5-6,12H,1,4,7-8H2,2-3H3/t12-/m0/s1. The van der Waals surface area contributed by atoms with Crippen LogP contribution in [0.4, 0.5) is 5.69 Å². The number of alkyl halides is 1. The molecule has 9 nitrogen and oxygen atoms in total. The first-order valence-corrected chi connectivity index (χ1v) is 8.56. The molecule has 0 radical (unpaired) electrons. The van der Waals surface area contributed by atoms with E-state index in [1.54, 1.807) is 0 Å². The number of ether oxygens (including phenoxy) is 3. The Kier molecular flexibility index (Phi) is 6.19. The summed E-state index contributed by atoms with van der Waals surface area (Å²) in [7, 11) is 2.56. The van der Waals surface area contributed by atoms with Gasteiger partial charge in [-0.1, -0.05) is 12.2 Å². The Morgan fingerprint density at radius 3 is 2.62 bits per heavy atom. The molecule has 0 aromatic heterocycles. The van der Waals surface area contributed by atoms with Gasteiger partial charge in [-0.2, -0.15) is 0 Å². The maximum Gasteiger partial charge on any atom is 0.328 e. The summed E-state index contributed by atoms with van der Waals surface area (Å²) in [5.74, 6) is -1.02. The molecular weight excluding hydrogens is 412 g/mol. The highest BCUT2D eigenvalue weighted by molar-refractivity contribution is 9.09. The summed E-state index contributed by atoms with van der Waals surface area (Å²) in [6, 6.07) is 1.48. The summed E-state index contributed by atoms with van der Waals surface area (Å²) in [6.07, 6.45) is 0.244. The molecule has 1 fully saturated rings. The van der Waals surface area contributed by atoms with Crippen LogP contribution in [0.5, 0.6) is 11.5 Å². The van der Waals surface area contributed by atoms with Crippen LogP contribution in [0.2, 0.25) is 0 Å². The van der Waals surface area contributed by atoms with E-state index < -0.39 is 28.5 Å². The minimum absolute atomic E-state index is 0.0875. The van der Waals surface area contributed by atoms with Crippen LogP contribution in [0.25, 0.3) is 0 Å². The third kappa shape index (κ3) is 3.79. The highest BCUT2D eigenvalue weighted by atomic mass is 79.9. The summed E-state index contributed by atoms with van der Waals surface area (Å²) in [5, 5.41) is 11.5. The summed E-state index contributed by atoms with van der Waals surface area (Å²) in [5.41, 5.74) is 0.0809. The fraction of sp³-hybridized carbons (Fsp3) is 0.375.